The van der Waals surface area contributed by atoms with E-state index >= 15 is 0 Å². The molecule has 1 heterocycles. The SMILES string of the molecule is CCNC(=O)NC(=O)[C@@H](C)N1CCN(c2cccc(C)c2C)CC1. The zero-order chi connectivity index (χ0) is 17.7. The van der Waals surface area contributed by atoms with Crippen LogP contribution in [0, 0.1) is 13.8 Å². The maximum atomic E-state index is 12.2. The van der Waals surface area contributed by atoms with Crippen molar-refractivity contribution in [2.45, 2.75) is 33.7 Å². The summed E-state index contributed by atoms with van der Waals surface area (Å²) < 4.78 is 0. The van der Waals surface area contributed by atoms with Crippen molar-refractivity contribution in [2.75, 3.05) is 37.6 Å². The highest BCUT2D eigenvalue weighted by Crippen LogP contribution is 2.24. The lowest BCUT2D eigenvalue weighted by atomic mass is 10.1. The van der Waals surface area contributed by atoms with Gasteiger partial charge in [-0.05, 0) is 44.9 Å². The third kappa shape index (κ3) is 4.26. The molecule has 24 heavy (non-hydrogen) atoms. The Bertz CT molecular complexity index is 595. The summed E-state index contributed by atoms with van der Waals surface area (Å²) in [4.78, 5) is 28.1. The summed E-state index contributed by atoms with van der Waals surface area (Å²) >= 11 is 0. The molecular formula is C18H28N4O2. The normalized spacial score (nSPS) is 16.6. The number of hydrogen-bond acceptors (Lipinski definition) is 4. The Morgan fingerprint density at radius 3 is 2.46 bits per heavy atom. The molecule has 1 aromatic rings. The van der Waals surface area contributed by atoms with Crippen molar-refractivity contribution >= 4 is 17.6 Å². The first-order chi connectivity index (χ1) is 11.4. The molecule has 0 unspecified atom stereocenters. The maximum absolute atomic E-state index is 12.2. The Hall–Kier alpha value is -2.08. The van der Waals surface area contributed by atoms with Crippen molar-refractivity contribution in [1.29, 1.82) is 0 Å². The van der Waals surface area contributed by atoms with Gasteiger partial charge in [-0.1, -0.05) is 12.1 Å². The molecule has 2 rings (SSSR count). The van der Waals surface area contributed by atoms with E-state index in [-0.39, 0.29) is 11.9 Å². The van der Waals surface area contributed by atoms with Crippen molar-refractivity contribution in [3.05, 3.63) is 29.3 Å². The Kier molecular flexibility index (Phi) is 6.20. The lowest BCUT2D eigenvalue weighted by molar-refractivity contribution is -0.124. The molecule has 0 aliphatic carbocycles. The molecule has 0 bridgehead atoms. The van der Waals surface area contributed by atoms with E-state index in [1.807, 2.05) is 13.8 Å². The van der Waals surface area contributed by atoms with Crippen LogP contribution in [0.5, 0.6) is 0 Å². The van der Waals surface area contributed by atoms with Gasteiger partial charge in [0.15, 0.2) is 0 Å². The highest BCUT2D eigenvalue weighted by molar-refractivity contribution is 5.96. The van der Waals surface area contributed by atoms with Crippen molar-refractivity contribution in [2.24, 2.45) is 0 Å². The molecule has 6 nitrogen and oxygen atoms in total. The Morgan fingerprint density at radius 1 is 1.17 bits per heavy atom. The molecule has 132 valence electrons. The average Bonchev–Trinajstić information content (AvgIpc) is 2.57. The number of imide groups is 1. The first kappa shape index (κ1) is 18.3. The maximum Gasteiger partial charge on any atom is 0.321 e. The standard InChI is InChI=1S/C18H28N4O2/c1-5-19-18(24)20-17(23)15(4)21-9-11-22(12-10-21)16-8-6-7-13(2)14(16)3/h6-8,15H,5,9-12H2,1-4H3,(H2,19,20,23,24)/t15-/m1/s1. The second kappa shape index (κ2) is 8.15. The Balaban J connectivity index is 1.91. The predicted octanol–water partition coefficient (Wildman–Crippen LogP) is 1.66. The van der Waals surface area contributed by atoms with E-state index in [1.165, 1.54) is 16.8 Å². The molecular weight excluding hydrogens is 304 g/mol. The number of nitrogens with zero attached hydrogens (tertiary/aromatic N) is 2. The third-order valence-corrected chi connectivity index (χ3v) is 4.73. The lowest BCUT2D eigenvalue weighted by Gasteiger charge is -2.39. The number of aryl methyl sites for hydroxylation is 1. The largest absolute Gasteiger partial charge is 0.369 e. The lowest BCUT2D eigenvalue weighted by Crippen LogP contribution is -2.55. The predicted molar refractivity (Wildman–Crippen MR) is 96.4 cm³/mol. The molecule has 0 spiro atoms. The van der Waals surface area contributed by atoms with Gasteiger partial charge in [-0.2, -0.15) is 0 Å². The molecule has 1 aromatic carbocycles. The number of hydrogen-bond donors (Lipinski definition) is 2. The van der Waals surface area contributed by atoms with Gasteiger partial charge in [0, 0.05) is 38.4 Å². The average molecular weight is 332 g/mol. The fraction of sp³-hybridized carbons (Fsp3) is 0.556. The summed E-state index contributed by atoms with van der Waals surface area (Å²) in [6.07, 6.45) is 0. The molecule has 0 aromatic heterocycles. The number of urea groups is 1. The van der Waals surface area contributed by atoms with Crippen LogP contribution < -0.4 is 15.5 Å². The van der Waals surface area contributed by atoms with Crippen molar-refractivity contribution < 1.29 is 9.59 Å². The molecule has 1 aliphatic rings. The van der Waals surface area contributed by atoms with Gasteiger partial charge >= 0.3 is 6.03 Å². The minimum atomic E-state index is -0.427. The second-order valence-corrected chi connectivity index (χ2v) is 6.27. The molecule has 0 radical (unpaired) electrons. The van der Waals surface area contributed by atoms with E-state index in [1.54, 1.807) is 0 Å². The first-order valence-corrected chi connectivity index (χ1v) is 8.58. The van der Waals surface area contributed by atoms with Gasteiger partial charge in [-0.3, -0.25) is 15.0 Å². The number of anilines is 1. The summed E-state index contributed by atoms with van der Waals surface area (Å²) in [5, 5.41) is 4.97. The van der Waals surface area contributed by atoms with Gasteiger partial charge in [0.2, 0.25) is 5.91 Å². The topological polar surface area (TPSA) is 64.7 Å². The van der Waals surface area contributed by atoms with Crippen molar-refractivity contribution in [1.82, 2.24) is 15.5 Å². The molecule has 1 saturated heterocycles. The van der Waals surface area contributed by atoms with Crippen LogP contribution in [0.25, 0.3) is 0 Å². The minimum absolute atomic E-state index is 0.249. The molecule has 2 N–H and O–H groups in total. The van der Waals surface area contributed by atoms with Crippen LogP contribution in [0.3, 0.4) is 0 Å². The molecule has 3 amide bonds. The summed E-state index contributed by atoms with van der Waals surface area (Å²) in [5.41, 5.74) is 3.88. The number of nitrogens with one attached hydrogen (secondary N) is 2. The molecule has 1 atom stereocenters. The molecule has 1 fully saturated rings. The number of amides is 3. The van der Waals surface area contributed by atoms with Gasteiger partial charge in [-0.25, -0.2) is 4.79 Å². The van der Waals surface area contributed by atoms with Crippen LogP contribution >= 0.6 is 0 Å². The zero-order valence-corrected chi connectivity index (χ0v) is 15.1. The summed E-state index contributed by atoms with van der Waals surface area (Å²) in [5.74, 6) is -0.249. The van der Waals surface area contributed by atoms with Gasteiger partial charge in [-0.15, -0.1) is 0 Å². The summed E-state index contributed by atoms with van der Waals surface area (Å²) in [6.45, 7) is 11.8. The third-order valence-electron chi connectivity index (χ3n) is 4.73. The summed E-state index contributed by atoms with van der Waals surface area (Å²) in [6, 6.07) is 5.63. The van der Waals surface area contributed by atoms with Gasteiger partial charge in [0.1, 0.15) is 0 Å². The quantitative estimate of drug-likeness (QED) is 0.880. The van der Waals surface area contributed by atoms with E-state index in [0.29, 0.717) is 6.54 Å². The Labute approximate surface area is 144 Å². The fourth-order valence-corrected chi connectivity index (χ4v) is 3.02. The molecule has 6 heteroatoms. The molecule has 0 saturated carbocycles. The van der Waals surface area contributed by atoms with E-state index in [2.05, 4.69) is 52.5 Å². The van der Waals surface area contributed by atoms with E-state index in [4.69, 9.17) is 0 Å². The van der Waals surface area contributed by atoms with Crippen LogP contribution in [-0.4, -0.2) is 55.6 Å². The number of piperazine rings is 1. The monoisotopic (exact) mass is 332 g/mol. The van der Waals surface area contributed by atoms with Gasteiger partial charge in [0.25, 0.3) is 0 Å². The number of benzene rings is 1. The van der Waals surface area contributed by atoms with E-state index in [9.17, 15) is 9.59 Å². The highest BCUT2D eigenvalue weighted by Gasteiger charge is 2.27. The van der Waals surface area contributed by atoms with Crippen LogP contribution in [-0.2, 0) is 4.79 Å². The van der Waals surface area contributed by atoms with Crippen molar-refractivity contribution in [3.63, 3.8) is 0 Å². The number of carbonyl (C=O) groups is 2. The van der Waals surface area contributed by atoms with E-state index < -0.39 is 6.03 Å². The highest BCUT2D eigenvalue weighted by atomic mass is 16.2. The van der Waals surface area contributed by atoms with E-state index in [0.717, 1.165) is 26.2 Å². The number of rotatable bonds is 4. The summed E-state index contributed by atoms with van der Waals surface area (Å²) in [7, 11) is 0. The Morgan fingerprint density at radius 2 is 1.83 bits per heavy atom. The molecule has 1 aliphatic heterocycles. The fourth-order valence-electron chi connectivity index (χ4n) is 3.02. The van der Waals surface area contributed by atoms with Crippen LogP contribution in [0.15, 0.2) is 18.2 Å². The van der Waals surface area contributed by atoms with Crippen LogP contribution in [0.4, 0.5) is 10.5 Å². The first-order valence-electron chi connectivity index (χ1n) is 8.58. The zero-order valence-electron chi connectivity index (χ0n) is 15.1. The second-order valence-electron chi connectivity index (χ2n) is 6.27. The van der Waals surface area contributed by atoms with Gasteiger partial charge in [0.05, 0.1) is 6.04 Å². The minimum Gasteiger partial charge on any atom is -0.369 e. The van der Waals surface area contributed by atoms with Crippen LogP contribution in [0.2, 0.25) is 0 Å². The van der Waals surface area contributed by atoms with Gasteiger partial charge < -0.3 is 10.2 Å². The van der Waals surface area contributed by atoms with Crippen molar-refractivity contribution in [3.8, 4) is 0 Å². The van der Waals surface area contributed by atoms with Crippen LogP contribution in [0.1, 0.15) is 25.0 Å². The number of carbonyl (C=O) groups excluding carboxylic acids is 2. The smallest absolute Gasteiger partial charge is 0.321 e.